The number of pyridine rings is 1. The Bertz CT molecular complexity index is 2030. The topological polar surface area (TPSA) is 143 Å². The van der Waals surface area contributed by atoms with Gasteiger partial charge in [-0.25, -0.2) is 19.3 Å². The highest BCUT2D eigenvalue weighted by atomic mass is 16.5. The normalized spacial score (nSPS) is 13.5. The molecular formula is C38H42N8O4. The van der Waals surface area contributed by atoms with Gasteiger partial charge in [-0.1, -0.05) is 62.7 Å². The van der Waals surface area contributed by atoms with Crippen LogP contribution in [0.3, 0.4) is 0 Å². The van der Waals surface area contributed by atoms with E-state index in [1.807, 2.05) is 61.5 Å². The van der Waals surface area contributed by atoms with Gasteiger partial charge in [-0.05, 0) is 50.1 Å². The van der Waals surface area contributed by atoms with Crippen LogP contribution in [0.4, 0.5) is 26.9 Å². The molecule has 1 aliphatic rings. The van der Waals surface area contributed by atoms with Crippen molar-refractivity contribution >= 4 is 46.1 Å². The van der Waals surface area contributed by atoms with E-state index in [9.17, 15) is 14.4 Å². The third-order valence-corrected chi connectivity index (χ3v) is 8.61. The third kappa shape index (κ3) is 8.03. The molecule has 1 saturated heterocycles. The predicted molar refractivity (Wildman–Crippen MR) is 195 cm³/mol. The second kappa shape index (κ2) is 14.3. The van der Waals surface area contributed by atoms with Crippen molar-refractivity contribution in [1.82, 2.24) is 25.0 Å². The minimum atomic E-state index is -0.412. The van der Waals surface area contributed by atoms with Crippen molar-refractivity contribution in [3.8, 4) is 17.2 Å². The van der Waals surface area contributed by atoms with E-state index in [0.717, 1.165) is 27.7 Å². The molecule has 0 aliphatic carbocycles. The van der Waals surface area contributed by atoms with Gasteiger partial charge in [0.25, 0.3) is 0 Å². The first-order valence-electron chi connectivity index (χ1n) is 16.7. The van der Waals surface area contributed by atoms with Gasteiger partial charge in [0.05, 0.1) is 17.1 Å². The van der Waals surface area contributed by atoms with Crippen LogP contribution in [0.25, 0.3) is 16.5 Å². The molecule has 0 atom stereocenters. The minimum Gasteiger partial charge on any atom is -0.457 e. The molecule has 2 aromatic heterocycles. The standard InChI is InChI=1S/C38H42N8O4/c1-24-10-12-27(13-11-24)46-35(23-33(44-46)38(3,4)5)43-37(49)41-31-14-15-32(30-9-7-6-8-29(30)31)50-28-16-19-39-34(22-28)42-36(48)40-26-17-20-45(21-18-26)25(2)47/h6-16,19,22-23,26H,17-18,20-21H2,1-5H3,(H2,41,43,49)(H2,39,40,42,48). The highest BCUT2D eigenvalue weighted by Gasteiger charge is 2.23. The van der Waals surface area contributed by atoms with E-state index < -0.39 is 6.03 Å². The third-order valence-electron chi connectivity index (χ3n) is 8.61. The Kier molecular flexibility index (Phi) is 9.71. The summed E-state index contributed by atoms with van der Waals surface area (Å²) in [7, 11) is 0. The molecule has 12 heteroatoms. The fourth-order valence-electron chi connectivity index (χ4n) is 5.81. The number of rotatable bonds is 7. The zero-order valence-corrected chi connectivity index (χ0v) is 28.9. The molecule has 12 nitrogen and oxygen atoms in total. The molecule has 0 spiro atoms. The number of ether oxygens (including phenoxy) is 1. The van der Waals surface area contributed by atoms with Gasteiger partial charge < -0.3 is 20.3 Å². The number of piperidine rings is 1. The van der Waals surface area contributed by atoms with Crippen LogP contribution in [0.15, 0.2) is 85.1 Å². The number of anilines is 3. The summed E-state index contributed by atoms with van der Waals surface area (Å²) in [6.07, 6.45) is 2.95. The van der Waals surface area contributed by atoms with E-state index in [2.05, 4.69) is 47.0 Å². The number of carbonyl (C=O) groups excluding carboxylic acids is 3. The molecule has 50 heavy (non-hydrogen) atoms. The molecular weight excluding hydrogens is 632 g/mol. The first-order chi connectivity index (χ1) is 23.9. The average molecular weight is 675 g/mol. The van der Waals surface area contributed by atoms with Gasteiger partial charge in [0.15, 0.2) is 0 Å². The van der Waals surface area contributed by atoms with Gasteiger partial charge in [0.2, 0.25) is 5.91 Å². The van der Waals surface area contributed by atoms with Crippen LogP contribution in [0.5, 0.6) is 11.5 Å². The van der Waals surface area contributed by atoms with Gasteiger partial charge >= 0.3 is 12.1 Å². The van der Waals surface area contributed by atoms with Crippen LogP contribution < -0.4 is 26.0 Å². The summed E-state index contributed by atoms with van der Waals surface area (Å²) in [6.45, 7) is 11.1. The maximum atomic E-state index is 13.4. The van der Waals surface area contributed by atoms with Gasteiger partial charge in [-0.3, -0.25) is 15.4 Å². The Balaban J connectivity index is 1.15. The van der Waals surface area contributed by atoms with Crippen LogP contribution in [-0.4, -0.2) is 56.8 Å². The summed E-state index contributed by atoms with van der Waals surface area (Å²) in [4.78, 5) is 43.8. The molecule has 3 aromatic carbocycles. The molecule has 1 aliphatic heterocycles. The summed E-state index contributed by atoms with van der Waals surface area (Å²) in [6, 6.07) is 23.6. The number of fused-ring (bicyclic) bond motifs is 1. The van der Waals surface area contributed by atoms with Crippen molar-refractivity contribution in [2.45, 2.75) is 58.9 Å². The maximum Gasteiger partial charge on any atom is 0.324 e. The van der Waals surface area contributed by atoms with Crippen molar-refractivity contribution in [1.29, 1.82) is 0 Å². The number of nitrogens with zero attached hydrogens (tertiary/aromatic N) is 4. The lowest BCUT2D eigenvalue weighted by molar-refractivity contribution is -0.129. The summed E-state index contributed by atoms with van der Waals surface area (Å²) in [5, 5.41) is 18.1. The highest BCUT2D eigenvalue weighted by Crippen LogP contribution is 2.35. The second-order valence-electron chi connectivity index (χ2n) is 13.5. The Labute approximate surface area is 291 Å². The molecule has 6 rings (SSSR count). The van der Waals surface area contributed by atoms with E-state index >= 15 is 0 Å². The van der Waals surface area contributed by atoms with Crippen LogP contribution >= 0.6 is 0 Å². The number of benzene rings is 3. The molecule has 5 amide bonds. The molecule has 0 bridgehead atoms. The molecule has 0 unspecified atom stereocenters. The summed E-state index contributed by atoms with van der Waals surface area (Å²) in [5.74, 6) is 1.98. The largest absolute Gasteiger partial charge is 0.457 e. The Morgan fingerprint density at radius 3 is 2.26 bits per heavy atom. The lowest BCUT2D eigenvalue weighted by Gasteiger charge is -2.31. The van der Waals surface area contributed by atoms with E-state index in [0.29, 0.717) is 54.8 Å². The number of urea groups is 2. The van der Waals surface area contributed by atoms with Crippen molar-refractivity contribution in [3.05, 3.63) is 96.3 Å². The van der Waals surface area contributed by atoms with E-state index in [-0.39, 0.29) is 23.4 Å². The molecule has 0 radical (unpaired) electrons. The number of amides is 5. The van der Waals surface area contributed by atoms with Crippen molar-refractivity contribution in [2.24, 2.45) is 0 Å². The van der Waals surface area contributed by atoms with E-state index in [4.69, 9.17) is 9.84 Å². The van der Waals surface area contributed by atoms with Gasteiger partial charge in [0.1, 0.15) is 23.1 Å². The monoisotopic (exact) mass is 674 g/mol. The maximum absolute atomic E-state index is 13.4. The Morgan fingerprint density at radius 1 is 0.840 bits per heavy atom. The number of likely N-dealkylation sites (tertiary alicyclic amines) is 1. The Morgan fingerprint density at radius 2 is 1.56 bits per heavy atom. The quantitative estimate of drug-likeness (QED) is 0.140. The zero-order chi connectivity index (χ0) is 35.4. The van der Waals surface area contributed by atoms with Crippen molar-refractivity contribution < 1.29 is 19.1 Å². The lowest BCUT2D eigenvalue weighted by atomic mass is 9.92. The number of aryl methyl sites for hydroxylation is 1. The van der Waals surface area contributed by atoms with Gasteiger partial charge in [0, 0.05) is 60.6 Å². The molecule has 1 fully saturated rings. The Hall–Kier alpha value is -5.91. The first kappa shape index (κ1) is 34.0. The molecule has 4 N–H and O–H groups in total. The molecule has 3 heterocycles. The number of hydrogen-bond donors (Lipinski definition) is 4. The van der Waals surface area contributed by atoms with Gasteiger partial charge in [-0.2, -0.15) is 5.10 Å². The van der Waals surface area contributed by atoms with Crippen LogP contribution in [-0.2, 0) is 10.2 Å². The fraction of sp³-hybridized carbons (Fsp3) is 0.289. The van der Waals surface area contributed by atoms with Crippen molar-refractivity contribution in [2.75, 3.05) is 29.0 Å². The van der Waals surface area contributed by atoms with Crippen LogP contribution in [0, 0.1) is 6.92 Å². The summed E-state index contributed by atoms with van der Waals surface area (Å²) in [5.41, 5.74) is 3.21. The molecule has 258 valence electrons. The SMILES string of the molecule is CC(=O)N1CCC(NC(=O)Nc2cc(Oc3ccc(NC(=O)Nc4cc(C(C)(C)C)nn4-c4ccc(C)cc4)c4ccccc34)ccn2)CC1. The second-order valence-corrected chi connectivity index (χ2v) is 13.5. The number of carbonyl (C=O) groups is 3. The van der Waals surface area contributed by atoms with E-state index in [1.54, 1.807) is 47.0 Å². The summed E-state index contributed by atoms with van der Waals surface area (Å²) >= 11 is 0. The van der Waals surface area contributed by atoms with Crippen LogP contribution in [0.2, 0.25) is 0 Å². The number of nitrogens with one attached hydrogen (secondary N) is 4. The molecule has 5 aromatic rings. The highest BCUT2D eigenvalue weighted by molar-refractivity contribution is 6.07. The lowest BCUT2D eigenvalue weighted by Crippen LogP contribution is -2.47. The smallest absolute Gasteiger partial charge is 0.324 e. The first-order valence-corrected chi connectivity index (χ1v) is 16.7. The summed E-state index contributed by atoms with van der Waals surface area (Å²) < 4.78 is 8.02. The molecule has 0 saturated carbocycles. The predicted octanol–water partition coefficient (Wildman–Crippen LogP) is 7.60. The number of aromatic nitrogens is 3. The van der Waals surface area contributed by atoms with Crippen molar-refractivity contribution in [3.63, 3.8) is 0 Å². The van der Waals surface area contributed by atoms with E-state index in [1.165, 1.54) is 0 Å². The number of hydrogen-bond acceptors (Lipinski definition) is 6. The van der Waals surface area contributed by atoms with Gasteiger partial charge in [-0.15, -0.1) is 0 Å². The average Bonchev–Trinajstić information content (AvgIpc) is 3.51. The van der Waals surface area contributed by atoms with Crippen LogP contribution in [0.1, 0.15) is 51.8 Å². The fourth-order valence-corrected chi connectivity index (χ4v) is 5.81. The zero-order valence-electron chi connectivity index (χ0n) is 28.9. The minimum absolute atomic E-state index is 0.0260.